The molecule has 2 heterocycles. The summed E-state index contributed by atoms with van der Waals surface area (Å²) < 4.78 is 6.93. The fraction of sp³-hybridized carbons (Fsp3) is 0.182. The van der Waals surface area contributed by atoms with Gasteiger partial charge >= 0.3 is 0 Å². The van der Waals surface area contributed by atoms with Gasteiger partial charge in [0.25, 0.3) is 0 Å². The summed E-state index contributed by atoms with van der Waals surface area (Å²) in [7, 11) is 1.60. The highest BCUT2D eigenvalue weighted by Gasteiger charge is 2.11. The number of rotatable bonds is 2. The van der Waals surface area contributed by atoms with Gasteiger partial charge in [-0.2, -0.15) is 9.61 Å². The van der Waals surface area contributed by atoms with Gasteiger partial charge in [-0.05, 0) is 25.1 Å². The number of hydrogen-bond donors (Lipinski definition) is 1. The topological polar surface area (TPSA) is 78.3 Å². The standard InChI is InChI=1S/C11H11N5OS/c1-6-13-14-11-16(6)15-10(18-11)7-3-4-8(12)9(5-7)17-2/h3-5H,12H2,1-2H3. The third kappa shape index (κ3) is 1.60. The van der Waals surface area contributed by atoms with E-state index in [0.717, 1.165) is 21.4 Å². The first-order valence-electron chi connectivity index (χ1n) is 5.32. The van der Waals surface area contributed by atoms with Crippen LogP contribution in [0, 0.1) is 6.92 Å². The zero-order chi connectivity index (χ0) is 12.7. The fourth-order valence-corrected chi connectivity index (χ4v) is 2.56. The number of methoxy groups -OCH3 is 1. The van der Waals surface area contributed by atoms with Crippen LogP contribution in [-0.2, 0) is 0 Å². The third-order valence-electron chi connectivity index (χ3n) is 2.63. The van der Waals surface area contributed by atoms with Crippen molar-refractivity contribution < 1.29 is 4.74 Å². The van der Waals surface area contributed by atoms with Crippen molar-refractivity contribution in [2.24, 2.45) is 0 Å². The Morgan fingerprint density at radius 3 is 2.89 bits per heavy atom. The van der Waals surface area contributed by atoms with E-state index in [1.165, 1.54) is 11.3 Å². The van der Waals surface area contributed by atoms with Gasteiger partial charge in [0, 0.05) is 5.56 Å². The molecule has 0 radical (unpaired) electrons. The second-order valence-corrected chi connectivity index (χ2v) is 4.76. The van der Waals surface area contributed by atoms with E-state index in [1.54, 1.807) is 11.6 Å². The Labute approximate surface area is 107 Å². The monoisotopic (exact) mass is 261 g/mol. The van der Waals surface area contributed by atoms with E-state index in [9.17, 15) is 0 Å². The lowest BCUT2D eigenvalue weighted by Crippen LogP contribution is -1.93. The van der Waals surface area contributed by atoms with E-state index >= 15 is 0 Å². The van der Waals surface area contributed by atoms with Crippen molar-refractivity contribution in [1.82, 2.24) is 19.8 Å². The molecule has 0 amide bonds. The summed E-state index contributed by atoms with van der Waals surface area (Å²) in [6.07, 6.45) is 0. The number of ether oxygens (including phenoxy) is 1. The number of nitrogen functional groups attached to an aromatic ring is 1. The van der Waals surface area contributed by atoms with E-state index in [2.05, 4.69) is 15.3 Å². The molecule has 0 spiro atoms. The molecule has 18 heavy (non-hydrogen) atoms. The van der Waals surface area contributed by atoms with Crippen LogP contribution in [0.15, 0.2) is 18.2 Å². The van der Waals surface area contributed by atoms with Gasteiger partial charge in [-0.15, -0.1) is 10.2 Å². The summed E-state index contributed by atoms with van der Waals surface area (Å²) in [6, 6.07) is 5.60. The number of aryl methyl sites for hydroxylation is 1. The maximum absolute atomic E-state index is 5.79. The summed E-state index contributed by atoms with van der Waals surface area (Å²) in [5.74, 6) is 1.42. The van der Waals surface area contributed by atoms with E-state index in [1.807, 2.05) is 25.1 Å². The average molecular weight is 261 g/mol. The summed E-state index contributed by atoms with van der Waals surface area (Å²) in [5, 5.41) is 13.3. The maximum atomic E-state index is 5.79. The molecule has 0 aliphatic rings. The first-order chi connectivity index (χ1) is 8.69. The van der Waals surface area contributed by atoms with Crippen molar-refractivity contribution in [2.75, 3.05) is 12.8 Å². The van der Waals surface area contributed by atoms with Crippen molar-refractivity contribution in [3.63, 3.8) is 0 Å². The minimum atomic E-state index is 0.612. The smallest absolute Gasteiger partial charge is 0.234 e. The van der Waals surface area contributed by atoms with Crippen LogP contribution in [0.25, 0.3) is 15.5 Å². The zero-order valence-electron chi connectivity index (χ0n) is 9.91. The lowest BCUT2D eigenvalue weighted by Gasteiger charge is -2.05. The molecular weight excluding hydrogens is 250 g/mol. The summed E-state index contributed by atoms with van der Waals surface area (Å²) in [4.78, 5) is 0.776. The van der Waals surface area contributed by atoms with Crippen LogP contribution in [0.4, 0.5) is 5.69 Å². The molecule has 92 valence electrons. The Hall–Kier alpha value is -2.15. The van der Waals surface area contributed by atoms with E-state index < -0.39 is 0 Å². The SMILES string of the molecule is COc1cc(-c2nn3c(C)nnc3s2)ccc1N. The molecule has 0 aliphatic heterocycles. The van der Waals surface area contributed by atoms with Crippen molar-refractivity contribution in [3.8, 4) is 16.3 Å². The van der Waals surface area contributed by atoms with Crippen LogP contribution in [0.1, 0.15) is 5.82 Å². The predicted molar refractivity (Wildman–Crippen MR) is 69.8 cm³/mol. The van der Waals surface area contributed by atoms with Gasteiger partial charge in [-0.3, -0.25) is 0 Å². The van der Waals surface area contributed by atoms with E-state index in [4.69, 9.17) is 10.5 Å². The van der Waals surface area contributed by atoms with Crippen LogP contribution in [-0.4, -0.2) is 26.9 Å². The first-order valence-corrected chi connectivity index (χ1v) is 6.13. The highest BCUT2D eigenvalue weighted by molar-refractivity contribution is 7.19. The molecule has 0 aliphatic carbocycles. The highest BCUT2D eigenvalue weighted by atomic mass is 32.1. The number of aromatic nitrogens is 4. The molecule has 3 aromatic rings. The van der Waals surface area contributed by atoms with Gasteiger partial charge in [0.2, 0.25) is 4.96 Å². The zero-order valence-corrected chi connectivity index (χ0v) is 10.7. The Morgan fingerprint density at radius 1 is 1.33 bits per heavy atom. The average Bonchev–Trinajstić information content (AvgIpc) is 2.93. The summed E-state index contributed by atoms with van der Waals surface area (Å²) in [6.45, 7) is 1.87. The van der Waals surface area contributed by atoms with Crippen LogP contribution in [0.3, 0.4) is 0 Å². The number of nitrogens with two attached hydrogens (primary N) is 1. The molecule has 0 saturated heterocycles. The third-order valence-corrected chi connectivity index (χ3v) is 3.58. The van der Waals surface area contributed by atoms with Gasteiger partial charge < -0.3 is 10.5 Å². The highest BCUT2D eigenvalue weighted by Crippen LogP contribution is 2.31. The van der Waals surface area contributed by atoms with Crippen molar-refractivity contribution in [1.29, 1.82) is 0 Å². The van der Waals surface area contributed by atoms with Gasteiger partial charge in [-0.1, -0.05) is 11.3 Å². The molecular formula is C11H11N5OS. The lowest BCUT2D eigenvalue weighted by atomic mass is 10.2. The van der Waals surface area contributed by atoms with Crippen molar-refractivity contribution in [3.05, 3.63) is 24.0 Å². The van der Waals surface area contributed by atoms with Gasteiger partial charge in [0.15, 0.2) is 5.82 Å². The molecule has 0 bridgehead atoms. The molecule has 2 N–H and O–H groups in total. The van der Waals surface area contributed by atoms with Gasteiger partial charge in [0.1, 0.15) is 10.8 Å². The van der Waals surface area contributed by atoms with E-state index in [-0.39, 0.29) is 0 Å². The number of benzene rings is 1. The van der Waals surface area contributed by atoms with Crippen LogP contribution in [0.5, 0.6) is 5.75 Å². The molecule has 0 saturated carbocycles. The van der Waals surface area contributed by atoms with Gasteiger partial charge in [-0.25, -0.2) is 0 Å². The Balaban J connectivity index is 2.13. The van der Waals surface area contributed by atoms with E-state index in [0.29, 0.717) is 11.4 Å². The first kappa shape index (κ1) is 11.0. The Bertz CT molecular complexity index is 717. The second-order valence-electron chi connectivity index (χ2n) is 3.81. The lowest BCUT2D eigenvalue weighted by molar-refractivity contribution is 0.417. The van der Waals surface area contributed by atoms with Crippen molar-refractivity contribution in [2.45, 2.75) is 6.92 Å². The molecule has 7 heteroatoms. The molecule has 6 nitrogen and oxygen atoms in total. The predicted octanol–water partition coefficient (Wildman–Crippen LogP) is 1.75. The normalized spacial score (nSPS) is 11.0. The second kappa shape index (κ2) is 3.95. The largest absolute Gasteiger partial charge is 0.495 e. The number of anilines is 1. The van der Waals surface area contributed by atoms with Crippen LogP contribution in [0.2, 0.25) is 0 Å². The molecule has 2 aromatic heterocycles. The molecule has 3 rings (SSSR count). The quantitative estimate of drug-likeness (QED) is 0.711. The number of hydrogen-bond acceptors (Lipinski definition) is 6. The van der Waals surface area contributed by atoms with Crippen molar-refractivity contribution >= 4 is 22.0 Å². The summed E-state index contributed by atoms with van der Waals surface area (Å²) >= 11 is 1.48. The molecule has 1 aromatic carbocycles. The number of fused-ring (bicyclic) bond motifs is 1. The maximum Gasteiger partial charge on any atom is 0.234 e. The fourth-order valence-electron chi connectivity index (χ4n) is 1.68. The minimum Gasteiger partial charge on any atom is -0.495 e. The molecule has 0 unspecified atom stereocenters. The van der Waals surface area contributed by atoms with Gasteiger partial charge in [0.05, 0.1) is 12.8 Å². The molecule has 0 fully saturated rings. The molecule has 0 atom stereocenters. The summed E-state index contributed by atoms with van der Waals surface area (Å²) in [5.41, 5.74) is 7.35. The van der Waals surface area contributed by atoms with Crippen LogP contribution < -0.4 is 10.5 Å². The number of nitrogens with zero attached hydrogens (tertiary/aromatic N) is 4. The Kier molecular flexibility index (Phi) is 2.41. The van der Waals surface area contributed by atoms with Crippen LogP contribution >= 0.6 is 11.3 Å². The minimum absolute atomic E-state index is 0.612. The Morgan fingerprint density at radius 2 is 2.17 bits per heavy atom.